The molecule has 4 amide bonds. The van der Waals surface area contributed by atoms with Gasteiger partial charge in [-0.15, -0.1) is 10.2 Å². The Labute approximate surface area is 302 Å². The molecule has 0 unspecified atom stereocenters. The monoisotopic (exact) mass is 704 g/mol. The first kappa shape index (κ1) is 33.0. The van der Waals surface area contributed by atoms with Gasteiger partial charge >= 0.3 is 0 Å². The zero-order chi connectivity index (χ0) is 37.0. The topological polar surface area (TPSA) is 171 Å². The summed E-state index contributed by atoms with van der Waals surface area (Å²) in [5, 5.41) is 15.5. The van der Waals surface area contributed by atoms with Crippen molar-refractivity contribution in [1.29, 1.82) is 0 Å². The van der Waals surface area contributed by atoms with E-state index in [1.165, 1.54) is 24.5 Å². The average Bonchev–Trinajstić information content (AvgIpc) is 3.56. The average molecular weight is 705 g/mol. The number of nitrogens with zero attached hydrogens (tertiary/aromatic N) is 8. The molecule has 0 saturated carbocycles. The van der Waals surface area contributed by atoms with E-state index in [4.69, 9.17) is 9.47 Å². The SMILES string of the molecule is Cc1nnc(N2C(=O)c3ccc(Oc4ccc(C(C)(C)c5ccc(Oc6ccc7c(c6)C(=O)N(c6nccnn6)C7=O)cc5)cc4)cc3C2=O)nc1C. The Bertz CT molecular complexity index is 2490. The summed E-state index contributed by atoms with van der Waals surface area (Å²) in [4.78, 5) is 62.3. The molecular formula is C39H28N8O6. The van der Waals surface area contributed by atoms with Gasteiger partial charge in [-0.05, 0) is 85.6 Å². The van der Waals surface area contributed by atoms with Gasteiger partial charge in [0, 0.05) is 5.41 Å². The molecule has 2 aliphatic heterocycles. The molecule has 8 rings (SSSR count). The fraction of sp³-hybridized carbons (Fsp3) is 0.128. The Hall–Kier alpha value is -7.22. The first-order valence-corrected chi connectivity index (χ1v) is 16.4. The van der Waals surface area contributed by atoms with E-state index in [9.17, 15) is 19.2 Å². The van der Waals surface area contributed by atoms with Gasteiger partial charge in [0.2, 0.25) is 0 Å². The van der Waals surface area contributed by atoms with Crippen LogP contribution in [0.3, 0.4) is 0 Å². The summed E-state index contributed by atoms with van der Waals surface area (Å²) >= 11 is 0. The second-order valence-electron chi connectivity index (χ2n) is 12.9. The number of aryl methyl sites for hydroxylation is 2. The number of carbonyl (C=O) groups is 4. The Morgan fingerprint density at radius 3 is 1.45 bits per heavy atom. The van der Waals surface area contributed by atoms with Gasteiger partial charge in [0.25, 0.3) is 35.5 Å². The van der Waals surface area contributed by atoms with E-state index < -0.39 is 29.0 Å². The number of hydrogen-bond acceptors (Lipinski definition) is 12. The van der Waals surface area contributed by atoms with Gasteiger partial charge in [0.1, 0.15) is 23.0 Å². The number of imide groups is 2. The maximum absolute atomic E-state index is 13.2. The first-order valence-electron chi connectivity index (χ1n) is 16.4. The molecule has 4 heterocycles. The van der Waals surface area contributed by atoms with Gasteiger partial charge in [-0.3, -0.25) is 19.2 Å². The lowest BCUT2D eigenvalue weighted by Gasteiger charge is -2.26. The highest BCUT2D eigenvalue weighted by molar-refractivity contribution is 6.34. The van der Waals surface area contributed by atoms with E-state index in [1.807, 2.05) is 48.5 Å². The van der Waals surface area contributed by atoms with Crippen molar-refractivity contribution in [3.8, 4) is 23.0 Å². The zero-order valence-electron chi connectivity index (χ0n) is 28.8. The lowest BCUT2D eigenvalue weighted by atomic mass is 9.78. The Kier molecular flexibility index (Phi) is 7.79. The molecule has 14 heteroatoms. The van der Waals surface area contributed by atoms with E-state index in [-0.39, 0.29) is 34.2 Å². The second-order valence-corrected chi connectivity index (χ2v) is 12.9. The fourth-order valence-electron chi connectivity index (χ4n) is 6.13. The van der Waals surface area contributed by atoms with Crippen LogP contribution >= 0.6 is 0 Å². The third-order valence-electron chi connectivity index (χ3n) is 9.29. The largest absolute Gasteiger partial charge is 0.457 e. The minimum atomic E-state index is -0.551. The maximum Gasteiger partial charge on any atom is 0.268 e. The van der Waals surface area contributed by atoms with Gasteiger partial charge in [-0.25, -0.2) is 19.8 Å². The minimum Gasteiger partial charge on any atom is -0.457 e. The molecule has 0 spiro atoms. The van der Waals surface area contributed by atoms with Gasteiger partial charge in [-0.1, -0.05) is 38.1 Å². The third-order valence-corrected chi connectivity index (χ3v) is 9.29. The van der Waals surface area contributed by atoms with E-state index in [2.05, 4.69) is 44.2 Å². The standard InChI is InChI=1S/C39H28N8O6/c1-21-22(2)43-45-38(42-21)47-34(49)30-16-14-28(20-32(30)36(47)51)53-26-11-7-24(8-12-26)39(3,4)23-5-9-25(10-6-23)52-27-13-15-29-31(19-27)35(50)46(33(29)48)37-40-17-18-41-44-37/h5-20H,1-4H3. The number of rotatable bonds is 8. The van der Waals surface area contributed by atoms with E-state index >= 15 is 0 Å². The van der Waals surface area contributed by atoms with Gasteiger partial charge in [-0.2, -0.15) is 10.2 Å². The lowest BCUT2D eigenvalue weighted by Crippen LogP contribution is -2.31. The van der Waals surface area contributed by atoms with Crippen LogP contribution in [0.1, 0.15) is 77.8 Å². The van der Waals surface area contributed by atoms with Crippen LogP contribution < -0.4 is 19.3 Å². The summed E-state index contributed by atoms with van der Waals surface area (Å²) in [7, 11) is 0. The predicted octanol–water partition coefficient (Wildman–Crippen LogP) is 6.19. The van der Waals surface area contributed by atoms with Crippen molar-refractivity contribution in [3.63, 3.8) is 0 Å². The normalized spacial score (nSPS) is 13.7. The fourth-order valence-corrected chi connectivity index (χ4v) is 6.13. The molecule has 6 aromatic rings. The quantitative estimate of drug-likeness (QED) is 0.165. The lowest BCUT2D eigenvalue weighted by molar-refractivity contribution is 0.0907. The molecule has 0 bridgehead atoms. The predicted molar refractivity (Wildman–Crippen MR) is 189 cm³/mol. The Morgan fingerprint density at radius 1 is 0.509 bits per heavy atom. The number of benzene rings is 4. The number of amides is 4. The van der Waals surface area contributed by atoms with Crippen molar-refractivity contribution >= 4 is 35.5 Å². The van der Waals surface area contributed by atoms with Crippen LogP contribution in [-0.2, 0) is 5.41 Å². The Balaban J connectivity index is 0.938. The zero-order valence-corrected chi connectivity index (χ0v) is 28.8. The molecule has 260 valence electrons. The minimum absolute atomic E-state index is 0.0666. The summed E-state index contributed by atoms with van der Waals surface area (Å²) in [6.07, 6.45) is 2.72. The molecule has 0 atom stereocenters. The van der Waals surface area contributed by atoms with E-state index in [0.29, 0.717) is 34.4 Å². The third kappa shape index (κ3) is 5.71. The summed E-state index contributed by atoms with van der Waals surface area (Å²) in [5.74, 6) is -0.407. The highest BCUT2D eigenvalue weighted by Gasteiger charge is 2.40. The van der Waals surface area contributed by atoms with Crippen molar-refractivity contribution in [2.24, 2.45) is 0 Å². The van der Waals surface area contributed by atoms with Gasteiger partial charge in [0.15, 0.2) is 0 Å². The molecule has 0 N–H and O–H groups in total. The molecule has 4 aromatic carbocycles. The number of carbonyl (C=O) groups excluding carboxylic acids is 4. The molecule has 0 saturated heterocycles. The summed E-state index contributed by atoms with van der Waals surface area (Å²) in [6.45, 7) is 7.68. The van der Waals surface area contributed by atoms with Crippen LogP contribution in [0.4, 0.5) is 11.9 Å². The molecule has 0 radical (unpaired) electrons. The van der Waals surface area contributed by atoms with Crippen LogP contribution in [0.2, 0.25) is 0 Å². The first-order chi connectivity index (χ1) is 25.5. The Morgan fingerprint density at radius 2 is 0.981 bits per heavy atom. The highest BCUT2D eigenvalue weighted by atomic mass is 16.5. The van der Waals surface area contributed by atoms with Crippen molar-refractivity contribution < 1.29 is 28.7 Å². The second kappa shape index (κ2) is 12.5. The van der Waals surface area contributed by atoms with Crippen molar-refractivity contribution in [2.75, 3.05) is 9.80 Å². The molecule has 14 nitrogen and oxygen atoms in total. The van der Waals surface area contributed by atoms with Crippen LogP contribution in [0.25, 0.3) is 0 Å². The number of aromatic nitrogens is 6. The molecule has 2 aromatic heterocycles. The molecule has 2 aliphatic rings. The van der Waals surface area contributed by atoms with Crippen molar-refractivity contribution in [1.82, 2.24) is 30.4 Å². The van der Waals surface area contributed by atoms with Crippen molar-refractivity contribution in [2.45, 2.75) is 33.1 Å². The van der Waals surface area contributed by atoms with Crippen LogP contribution in [0.5, 0.6) is 23.0 Å². The number of anilines is 2. The smallest absolute Gasteiger partial charge is 0.268 e. The molecule has 0 fully saturated rings. The number of ether oxygens (including phenoxy) is 2. The number of hydrogen-bond donors (Lipinski definition) is 0. The van der Waals surface area contributed by atoms with Crippen LogP contribution in [0.15, 0.2) is 97.3 Å². The van der Waals surface area contributed by atoms with Crippen LogP contribution in [0, 0.1) is 13.8 Å². The molecular weight excluding hydrogens is 676 g/mol. The van der Waals surface area contributed by atoms with Gasteiger partial charge in [0.05, 0.1) is 46.0 Å². The highest BCUT2D eigenvalue weighted by Crippen LogP contribution is 2.37. The molecule has 0 aliphatic carbocycles. The van der Waals surface area contributed by atoms with Crippen LogP contribution in [-0.4, -0.2) is 54.0 Å². The summed E-state index contributed by atoms with van der Waals surface area (Å²) < 4.78 is 12.1. The summed E-state index contributed by atoms with van der Waals surface area (Å²) in [6, 6.07) is 24.7. The van der Waals surface area contributed by atoms with Crippen molar-refractivity contribution in [3.05, 3.63) is 142 Å². The summed E-state index contributed by atoms with van der Waals surface area (Å²) in [5.41, 5.74) is 3.69. The molecule has 53 heavy (non-hydrogen) atoms. The maximum atomic E-state index is 13.2. The van der Waals surface area contributed by atoms with E-state index in [0.717, 1.165) is 20.9 Å². The number of fused-ring (bicyclic) bond motifs is 2. The van der Waals surface area contributed by atoms with E-state index in [1.54, 1.807) is 38.1 Å². The van der Waals surface area contributed by atoms with Gasteiger partial charge < -0.3 is 9.47 Å².